The SMILES string of the molecule is O=C(O)CCCCc1ccc(-c2ccccc2)c(-c2ccccc2)c1. The normalized spacial score (nSPS) is 10.6. The molecule has 0 fully saturated rings. The Kier molecular flexibility index (Phi) is 5.63. The first-order valence-electron chi connectivity index (χ1n) is 8.69. The number of benzene rings is 3. The second kappa shape index (κ2) is 8.29. The highest BCUT2D eigenvalue weighted by Crippen LogP contribution is 2.33. The molecule has 0 bridgehead atoms. The lowest BCUT2D eigenvalue weighted by Gasteiger charge is -2.13. The van der Waals surface area contributed by atoms with Gasteiger partial charge in [0.1, 0.15) is 0 Å². The zero-order valence-corrected chi connectivity index (χ0v) is 14.2. The quantitative estimate of drug-likeness (QED) is 0.554. The van der Waals surface area contributed by atoms with Gasteiger partial charge in [-0.05, 0) is 47.1 Å². The Hall–Kier alpha value is -2.87. The van der Waals surface area contributed by atoms with Crippen molar-refractivity contribution in [3.05, 3.63) is 84.4 Å². The first kappa shape index (κ1) is 17.0. The van der Waals surface area contributed by atoms with Gasteiger partial charge < -0.3 is 5.11 Å². The summed E-state index contributed by atoms with van der Waals surface area (Å²) < 4.78 is 0. The maximum Gasteiger partial charge on any atom is 0.303 e. The van der Waals surface area contributed by atoms with E-state index in [4.69, 9.17) is 5.11 Å². The molecule has 0 aliphatic heterocycles. The van der Waals surface area contributed by atoms with Gasteiger partial charge in [0.05, 0.1) is 0 Å². The van der Waals surface area contributed by atoms with Crippen molar-refractivity contribution in [3.63, 3.8) is 0 Å². The third-order valence-electron chi connectivity index (χ3n) is 4.36. The van der Waals surface area contributed by atoms with Crippen molar-refractivity contribution in [1.82, 2.24) is 0 Å². The van der Waals surface area contributed by atoms with Crippen LogP contribution in [0.25, 0.3) is 22.3 Å². The van der Waals surface area contributed by atoms with Gasteiger partial charge in [0, 0.05) is 6.42 Å². The molecular weight excluding hydrogens is 308 g/mol. The zero-order valence-electron chi connectivity index (χ0n) is 14.2. The van der Waals surface area contributed by atoms with Gasteiger partial charge in [-0.15, -0.1) is 0 Å². The maximum absolute atomic E-state index is 10.7. The molecule has 0 aliphatic carbocycles. The minimum atomic E-state index is -0.718. The first-order chi connectivity index (χ1) is 12.2. The minimum absolute atomic E-state index is 0.244. The Balaban J connectivity index is 1.90. The highest BCUT2D eigenvalue weighted by Gasteiger charge is 2.08. The molecule has 0 unspecified atom stereocenters. The highest BCUT2D eigenvalue weighted by molar-refractivity contribution is 5.83. The predicted molar refractivity (Wildman–Crippen MR) is 103 cm³/mol. The summed E-state index contributed by atoms with van der Waals surface area (Å²) in [6.07, 6.45) is 2.76. The number of hydrogen-bond donors (Lipinski definition) is 1. The van der Waals surface area contributed by atoms with E-state index in [1.165, 1.54) is 27.8 Å². The molecule has 1 N–H and O–H groups in total. The first-order valence-corrected chi connectivity index (χ1v) is 8.69. The molecule has 126 valence electrons. The van der Waals surface area contributed by atoms with E-state index in [2.05, 4.69) is 66.7 Å². The number of unbranched alkanes of at least 4 members (excludes halogenated alkanes) is 1. The monoisotopic (exact) mass is 330 g/mol. The second-order valence-corrected chi connectivity index (χ2v) is 6.21. The summed E-state index contributed by atoms with van der Waals surface area (Å²) in [6, 6.07) is 27.4. The van der Waals surface area contributed by atoms with Crippen LogP contribution in [-0.2, 0) is 11.2 Å². The third-order valence-corrected chi connectivity index (χ3v) is 4.36. The van der Waals surface area contributed by atoms with E-state index in [1.807, 2.05) is 12.1 Å². The predicted octanol–water partition coefficient (Wildman–Crippen LogP) is 5.82. The van der Waals surface area contributed by atoms with Crippen molar-refractivity contribution in [2.45, 2.75) is 25.7 Å². The Morgan fingerprint density at radius 3 is 1.92 bits per heavy atom. The molecule has 0 saturated carbocycles. The number of carboxylic acids is 1. The summed E-state index contributed by atoms with van der Waals surface area (Å²) >= 11 is 0. The average molecular weight is 330 g/mol. The number of aliphatic carboxylic acids is 1. The molecule has 3 rings (SSSR count). The van der Waals surface area contributed by atoms with Gasteiger partial charge >= 0.3 is 5.97 Å². The molecule has 25 heavy (non-hydrogen) atoms. The molecule has 0 aromatic heterocycles. The van der Waals surface area contributed by atoms with Crippen LogP contribution in [0.4, 0.5) is 0 Å². The zero-order chi connectivity index (χ0) is 17.5. The van der Waals surface area contributed by atoms with E-state index in [1.54, 1.807) is 0 Å². The van der Waals surface area contributed by atoms with Gasteiger partial charge in [-0.1, -0.05) is 78.9 Å². The van der Waals surface area contributed by atoms with E-state index in [0.717, 1.165) is 19.3 Å². The maximum atomic E-state index is 10.7. The van der Waals surface area contributed by atoms with E-state index >= 15 is 0 Å². The van der Waals surface area contributed by atoms with Gasteiger partial charge in [0.25, 0.3) is 0 Å². The smallest absolute Gasteiger partial charge is 0.303 e. The van der Waals surface area contributed by atoms with Gasteiger partial charge in [-0.3, -0.25) is 4.79 Å². The molecule has 0 amide bonds. The fourth-order valence-corrected chi connectivity index (χ4v) is 3.08. The van der Waals surface area contributed by atoms with Crippen molar-refractivity contribution < 1.29 is 9.90 Å². The molecule has 0 atom stereocenters. The summed E-state index contributed by atoms with van der Waals surface area (Å²) in [5.74, 6) is -0.718. The van der Waals surface area contributed by atoms with Crippen LogP contribution in [0.15, 0.2) is 78.9 Å². The van der Waals surface area contributed by atoms with Crippen LogP contribution in [0.2, 0.25) is 0 Å². The Labute approximate surface area is 148 Å². The van der Waals surface area contributed by atoms with Gasteiger partial charge in [0.15, 0.2) is 0 Å². The summed E-state index contributed by atoms with van der Waals surface area (Å²) in [7, 11) is 0. The molecule has 0 spiro atoms. The average Bonchev–Trinajstić information content (AvgIpc) is 2.66. The summed E-state index contributed by atoms with van der Waals surface area (Å²) in [5, 5.41) is 8.77. The Bertz CT molecular complexity index is 823. The largest absolute Gasteiger partial charge is 0.481 e. The van der Waals surface area contributed by atoms with E-state index in [0.29, 0.717) is 0 Å². The topological polar surface area (TPSA) is 37.3 Å². The van der Waals surface area contributed by atoms with Crippen LogP contribution >= 0.6 is 0 Å². The molecular formula is C23H22O2. The van der Waals surface area contributed by atoms with Crippen LogP contribution in [0.5, 0.6) is 0 Å². The molecule has 2 nitrogen and oxygen atoms in total. The van der Waals surface area contributed by atoms with Crippen LogP contribution in [-0.4, -0.2) is 11.1 Å². The molecule has 0 heterocycles. The van der Waals surface area contributed by atoms with Crippen LogP contribution in [0, 0.1) is 0 Å². The molecule has 0 aliphatic rings. The van der Waals surface area contributed by atoms with Gasteiger partial charge in [-0.2, -0.15) is 0 Å². The van der Waals surface area contributed by atoms with Gasteiger partial charge in [0.2, 0.25) is 0 Å². The minimum Gasteiger partial charge on any atom is -0.481 e. The number of rotatable bonds is 7. The van der Waals surface area contributed by atoms with Crippen LogP contribution in [0.1, 0.15) is 24.8 Å². The Morgan fingerprint density at radius 2 is 1.32 bits per heavy atom. The third kappa shape index (κ3) is 4.57. The summed E-state index contributed by atoms with van der Waals surface area (Å²) in [5.41, 5.74) is 6.11. The number of carbonyl (C=O) groups is 1. The fraction of sp³-hybridized carbons (Fsp3) is 0.174. The van der Waals surface area contributed by atoms with E-state index in [9.17, 15) is 4.79 Å². The lowest BCUT2D eigenvalue weighted by molar-refractivity contribution is -0.137. The molecule has 0 radical (unpaired) electrons. The van der Waals surface area contributed by atoms with Crippen molar-refractivity contribution in [2.24, 2.45) is 0 Å². The van der Waals surface area contributed by atoms with E-state index < -0.39 is 5.97 Å². The van der Waals surface area contributed by atoms with Crippen LogP contribution < -0.4 is 0 Å². The standard InChI is InChI=1S/C23H22O2/c24-23(25)14-8-7-9-18-15-16-21(19-10-3-1-4-11-19)22(17-18)20-12-5-2-6-13-20/h1-6,10-13,15-17H,7-9,14H2,(H,24,25). The van der Waals surface area contributed by atoms with Crippen molar-refractivity contribution in [2.75, 3.05) is 0 Å². The lowest BCUT2D eigenvalue weighted by atomic mass is 9.91. The molecule has 2 heteroatoms. The number of carboxylic acid groups (broad SMARTS) is 1. The number of hydrogen-bond acceptors (Lipinski definition) is 1. The van der Waals surface area contributed by atoms with Crippen molar-refractivity contribution in [3.8, 4) is 22.3 Å². The Morgan fingerprint density at radius 1 is 0.720 bits per heavy atom. The molecule has 3 aromatic carbocycles. The fourth-order valence-electron chi connectivity index (χ4n) is 3.08. The van der Waals surface area contributed by atoms with Gasteiger partial charge in [-0.25, -0.2) is 0 Å². The van der Waals surface area contributed by atoms with Crippen LogP contribution in [0.3, 0.4) is 0 Å². The second-order valence-electron chi connectivity index (χ2n) is 6.21. The number of aryl methyl sites for hydroxylation is 1. The van der Waals surface area contributed by atoms with Crippen molar-refractivity contribution >= 4 is 5.97 Å². The van der Waals surface area contributed by atoms with E-state index in [-0.39, 0.29) is 6.42 Å². The summed E-state index contributed by atoms with van der Waals surface area (Å²) in [6.45, 7) is 0. The lowest BCUT2D eigenvalue weighted by Crippen LogP contribution is -1.95. The molecule has 0 saturated heterocycles. The van der Waals surface area contributed by atoms with Crippen molar-refractivity contribution in [1.29, 1.82) is 0 Å². The highest BCUT2D eigenvalue weighted by atomic mass is 16.4. The summed E-state index contributed by atoms with van der Waals surface area (Å²) in [4.78, 5) is 10.7. The molecule has 3 aromatic rings.